The Hall–Kier alpha value is 3.04. The van der Waals surface area contributed by atoms with Crippen LogP contribution in [0.15, 0.2) is 0 Å². The molecule has 0 bridgehead atoms. The zero-order valence-corrected chi connectivity index (χ0v) is 17.2. The van der Waals surface area contributed by atoms with Gasteiger partial charge in [-0.2, -0.15) is 0 Å². The number of hydrogen-bond donors (Lipinski definition) is 0. The SMILES string of the molecule is CP1P(C)P(C)(C)=C([Si](Cl)(Cl)Cl)[Si]1(Cl)Cl. The highest BCUT2D eigenvalue weighted by Gasteiger charge is 2.59. The van der Waals surface area contributed by atoms with Crippen molar-refractivity contribution in [1.29, 1.82) is 0 Å². The molecule has 0 aromatic heterocycles. The van der Waals surface area contributed by atoms with E-state index in [0.717, 1.165) is 4.54 Å². The summed E-state index contributed by atoms with van der Waals surface area (Å²) in [5, 5.41) is 0. The molecule has 15 heavy (non-hydrogen) atoms. The van der Waals surface area contributed by atoms with Gasteiger partial charge < -0.3 is 0 Å². The van der Waals surface area contributed by atoms with Gasteiger partial charge in [0.05, 0.1) is 0 Å². The summed E-state index contributed by atoms with van der Waals surface area (Å²) in [6.07, 6.45) is -2.44. The smallest absolute Gasteiger partial charge is 0.134 e. The molecule has 0 aromatic carbocycles. The lowest BCUT2D eigenvalue weighted by Gasteiger charge is -2.24. The number of rotatable bonds is 1. The highest BCUT2D eigenvalue weighted by atomic mass is 35.8. The molecule has 1 aliphatic heterocycles. The van der Waals surface area contributed by atoms with Gasteiger partial charge in [0.15, 0.2) is 0 Å². The van der Waals surface area contributed by atoms with Crippen LogP contribution in [-0.2, 0) is 0 Å². The Morgan fingerprint density at radius 1 is 1.13 bits per heavy atom. The molecule has 0 aliphatic carbocycles. The van der Waals surface area contributed by atoms with Crippen molar-refractivity contribution in [2.75, 3.05) is 26.7 Å². The molecule has 1 aliphatic rings. The summed E-state index contributed by atoms with van der Waals surface area (Å²) in [4.78, 5) is 0. The van der Waals surface area contributed by atoms with Gasteiger partial charge >= 0.3 is 12.4 Å². The molecule has 0 nitrogen and oxygen atoms in total. The maximum Gasteiger partial charge on any atom is 0.368 e. The average Bonchev–Trinajstić information content (AvgIpc) is 2.06. The van der Waals surface area contributed by atoms with Gasteiger partial charge in [-0.3, -0.25) is 0 Å². The average molecular weight is 399 g/mol. The lowest BCUT2D eigenvalue weighted by atomic mass is 11.8. The lowest BCUT2D eigenvalue weighted by molar-refractivity contribution is 2.26. The van der Waals surface area contributed by atoms with Gasteiger partial charge in [0.1, 0.15) is 0 Å². The quantitative estimate of drug-likeness (QED) is 0.304. The molecule has 1 heterocycles. The van der Waals surface area contributed by atoms with Crippen molar-refractivity contribution in [2.45, 2.75) is 0 Å². The van der Waals surface area contributed by atoms with Gasteiger partial charge in [-0.25, -0.2) is 0 Å². The van der Waals surface area contributed by atoms with E-state index in [4.69, 9.17) is 55.4 Å². The first kappa shape index (κ1) is 16.1. The van der Waals surface area contributed by atoms with Crippen molar-refractivity contribution in [2.24, 2.45) is 0 Å². The largest absolute Gasteiger partial charge is 0.368 e. The molecule has 1 rings (SSSR count). The van der Waals surface area contributed by atoms with Crippen LogP contribution in [0.4, 0.5) is 0 Å². The summed E-state index contributed by atoms with van der Waals surface area (Å²) in [6, 6.07) is -2.87. The topological polar surface area (TPSA) is 0 Å². The van der Waals surface area contributed by atoms with E-state index in [1.807, 2.05) is 0 Å². The number of hydrogen-bond acceptors (Lipinski definition) is 0. The summed E-state index contributed by atoms with van der Waals surface area (Å²) in [6.45, 7) is 7.62. The Bertz CT molecular complexity index is 332. The van der Waals surface area contributed by atoms with E-state index < -0.39 is 18.9 Å². The summed E-state index contributed by atoms with van der Waals surface area (Å²) in [7, 11) is -0.476. The van der Waals surface area contributed by atoms with Crippen molar-refractivity contribution in [3.8, 4) is 0 Å². The normalized spacial score (nSPS) is 34.6. The summed E-state index contributed by atoms with van der Waals surface area (Å²) in [5.74, 6) is 0. The van der Waals surface area contributed by atoms with Crippen molar-refractivity contribution in [1.82, 2.24) is 0 Å². The molecule has 0 spiro atoms. The molecule has 0 amide bonds. The minimum Gasteiger partial charge on any atom is -0.134 e. The van der Waals surface area contributed by atoms with E-state index in [2.05, 4.69) is 26.7 Å². The highest BCUT2D eigenvalue weighted by molar-refractivity contribution is 8.79. The second-order valence-electron chi connectivity index (χ2n) is 3.80. The Labute approximate surface area is 119 Å². The molecule has 10 heteroatoms. The van der Waals surface area contributed by atoms with E-state index in [1.165, 1.54) is 0 Å². The molecule has 2 unspecified atom stereocenters. The van der Waals surface area contributed by atoms with E-state index in [9.17, 15) is 0 Å². The van der Waals surface area contributed by atoms with Gasteiger partial charge in [0, 0.05) is 0 Å². The summed E-state index contributed by atoms with van der Waals surface area (Å²) >= 11 is 31.7. The van der Waals surface area contributed by atoms with Gasteiger partial charge in [-0.15, -0.1) is 55.4 Å². The van der Waals surface area contributed by atoms with Crippen LogP contribution in [-0.4, -0.2) is 43.6 Å². The first-order chi connectivity index (χ1) is 6.43. The molecule has 2 atom stereocenters. The molecular formula is C5H12Cl5P3Si2. The van der Waals surface area contributed by atoms with Crippen LogP contribution in [0.1, 0.15) is 0 Å². The lowest BCUT2D eigenvalue weighted by Crippen LogP contribution is -2.41. The monoisotopic (exact) mass is 396 g/mol. The van der Waals surface area contributed by atoms with Crippen molar-refractivity contribution >= 4 is 93.3 Å². The molecule has 0 fully saturated rings. The first-order valence-electron chi connectivity index (χ1n) is 4.08. The van der Waals surface area contributed by atoms with E-state index in [0.29, 0.717) is 0 Å². The molecule has 0 saturated carbocycles. The third-order valence-electron chi connectivity index (χ3n) is 2.66. The summed E-state index contributed by atoms with van der Waals surface area (Å²) < 4.78 is 1.03. The third-order valence-corrected chi connectivity index (χ3v) is 55.8. The molecule has 90 valence electrons. The number of halogens is 5. The fourth-order valence-corrected chi connectivity index (χ4v) is 83.0. The predicted molar refractivity (Wildman–Crippen MR) is 90.2 cm³/mol. The zero-order chi connectivity index (χ0) is 12.2. The van der Waals surface area contributed by atoms with Crippen LogP contribution in [0.25, 0.3) is 0 Å². The minimum atomic E-state index is -2.87. The van der Waals surface area contributed by atoms with Crippen LogP contribution in [0.3, 0.4) is 0 Å². The van der Waals surface area contributed by atoms with Crippen LogP contribution in [0.2, 0.25) is 0 Å². The minimum absolute atomic E-state index is 0.143. The van der Waals surface area contributed by atoms with Gasteiger partial charge in [0.2, 0.25) is 0 Å². The second kappa shape index (κ2) is 4.86. The van der Waals surface area contributed by atoms with Crippen molar-refractivity contribution in [3.63, 3.8) is 0 Å². The van der Waals surface area contributed by atoms with Crippen molar-refractivity contribution < 1.29 is 0 Å². The maximum atomic E-state index is 6.57. The first-order valence-corrected chi connectivity index (χ1v) is 21.7. The molecule has 0 saturated heterocycles. The molecule has 0 aromatic rings. The van der Waals surface area contributed by atoms with Gasteiger partial charge in [-0.1, -0.05) is 21.0 Å². The maximum absolute atomic E-state index is 6.57. The summed E-state index contributed by atoms with van der Waals surface area (Å²) in [5.41, 5.74) is 0. The Balaban J connectivity index is 3.48. The standard InChI is InChI=1S/C5H12Cl5P3Si2/c1-11-12(2)15(9,10)5(13(11,3)4)14(6,7)8/h1-4H3. The zero-order valence-electron chi connectivity index (χ0n) is 8.73. The van der Waals surface area contributed by atoms with Crippen molar-refractivity contribution in [3.05, 3.63) is 0 Å². The second-order valence-corrected chi connectivity index (χ2v) is 40.4. The Morgan fingerprint density at radius 3 is 1.67 bits per heavy atom. The van der Waals surface area contributed by atoms with Crippen LogP contribution >= 0.6 is 76.4 Å². The predicted octanol–water partition coefficient (Wildman–Crippen LogP) is 5.65. The van der Waals surface area contributed by atoms with Crippen LogP contribution in [0, 0.1) is 0 Å². The Kier molecular flexibility index (Phi) is 5.22. The molecule has 0 radical (unpaired) electrons. The highest BCUT2D eigenvalue weighted by Crippen LogP contribution is 2.95. The third kappa shape index (κ3) is 2.81. The Morgan fingerprint density at radius 2 is 1.53 bits per heavy atom. The van der Waals surface area contributed by atoms with E-state index in [-0.39, 0.29) is 14.5 Å². The van der Waals surface area contributed by atoms with Gasteiger partial charge in [-0.05, 0) is 31.2 Å². The molecular weight excluding hydrogens is 386 g/mol. The van der Waals surface area contributed by atoms with E-state index >= 15 is 0 Å². The fraction of sp³-hybridized carbons (Fsp3) is 0.800. The van der Waals surface area contributed by atoms with Gasteiger partial charge in [0.25, 0.3) is 0 Å². The molecule has 0 N–H and O–H groups in total. The van der Waals surface area contributed by atoms with Crippen LogP contribution < -0.4 is 0 Å². The van der Waals surface area contributed by atoms with E-state index in [1.54, 1.807) is 0 Å². The fourth-order valence-electron chi connectivity index (χ4n) is 1.63. The van der Waals surface area contributed by atoms with Crippen LogP contribution in [0.5, 0.6) is 0 Å².